The molecule has 80 valence electrons. The van der Waals surface area contributed by atoms with Gasteiger partial charge in [0.1, 0.15) is 0 Å². The lowest BCUT2D eigenvalue weighted by molar-refractivity contribution is -0.196. The van der Waals surface area contributed by atoms with Crippen molar-refractivity contribution in [3.05, 3.63) is 12.2 Å². The molecule has 0 aliphatic carbocycles. The minimum absolute atomic E-state index is 0.118. The molecule has 0 N–H and O–H groups in total. The summed E-state index contributed by atoms with van der Waals surface area (Å²) in [5.74, 6) is -2.24. The fourth-order valence-electron chi connectivity index (χ4n) is 0.790. The quantitative estimate of drug-likeness (QED) is 0.375. The summed E-state index contributed by atoms with van der Waals surface area (Å²) < 4.78 is 14.2. The zero-order valence-corrected chi connectivity index (χ0v) is 8.31. The van der Waals surface area contributed by atoms with Crippen LogP contribution in [0.15, 0.2) is 12.2 Å². The van der Waals surface area contributed by atoms with Gasteiger partial charge in [0.15, 0.2) is 0 Å². The Morgan fingerprint density at radius 1 is 1.33 bits per heavy atom. The van der Waals surface area contributed by atoms with Crippen molar-refractivity contribution in [2.24, 2.45) is 0 Å². The third kappa shape index (κ3) is 3.23. The maximum atomic E-state index is 11.0. The van der Waals surface area contributed by atoms with Crippen molar-refractivity contribution >= 4 is 26.5 Å². The van der Waals surface area contributed by atoms with Gasteiger partial charge in [-0.1, -0.05) is 5.06 Å². The van der Waals surface area contributed by atoms with Gasteiger partial charge in [0.25, 0.3) is 11.8 Å². The molecule has 0 aromatic rings. The highest BCUT2D eigenvalue weighted by Crippen LogP contribution is 2.06. The monoisotopic (exact) mass is 231 g/mol. The highest BCUT2D eigenvalue weighted by Gasteiger charge is 2.27. The van der Waals surface area contributed by atoms with Crippen LogP contribution < -0.4 is 0 Å². The summed E-state index contributed by atoms with van der Waals surface area (Å²) in [6, 6.07) is 0. The van der Waals surface area contributed by atoms with Crippen molar-refractivity contribution in [1.29, 1.82) is 0 Å². The van der Waals surface area contributed by atoms with Gasteiger partial charge < -0.3 is 4.84 Å². The Labute approximate surface area is 85.9 Å². The summed E-state index contributed by atoms with van der Waals surface area (Å²) in [5.41, 5.74) is 0. The highest BCUT2D eigenvalue weighted by atomic mass is 31.1. The molecule has 0 saturated carbocycles. The first-order valence-corrected chi connectivity index (χ1v) is 4.59. The fourth-order valence-corrected chi connectivity index (χ4v) is 0.956. The first-order valence-electron chi connectivity index (χ1n) is 3.86. The molecule has 0 unspecified atom stereocenters. The number of rotatable bonds is 5. The Morgan fingerprint density at radius 2 is 1.93 bits per heavy atom. The summed E-state index contributed by atoms with van der Waals surface area (Å²) in [6.07, 6.45) is 1.77. The predicted octanol–water partition coefficient (Wildman–Crippen LogP) is -0.0170. The Balaban J connectivity index is 2.35. The molecule has 0 atom stereocenters. The van der Waals surface area contributed by atoms with E-state index in [1.165, 1.54) is 0 Å². The van der Waals surface area contributed by atoms with Gasteiger partial charge in [0.2, 0.25) is 0 Å². The normalized spacial score (nSPS) is 15.1. The molecule has 2 amide bonds. The van der Waals surface area contributed by atoms with E-state index in [4.69, 9.17) is 0 Å². The Hall–Kier alpha value is -1.59. The van der Waals surface area contributed by atoms with Crippen molar-refractivity contribution in [1.82, 2.24) is 5.06 Å². The molecule has 0 bridgehead atoms. The topological polar surface area (TPSA) is 90.0 Å². The first-order chi connectivity index (χ1) is 7.15. The van der Waals surface area contributed by atoms with Gasteiger partial charge in [0, 0.05) is 12.2 Å². The average Bonchev–Trinajstić information content (AvgIpc) is 2.50. The van der Waals surface area contributed by atoms with Crippen LogP contribution in [0.25, 0.3) is 0 Å². The van der Waals surface area contributed by atoms with E-state index in [9.17, 15) is 18.9 Å². The molecule has 7 nitrogen and oxygen atoms in total. The van der Waals surface area contributed by atoms with Crippen molar-refractivity contribution in [3.63, 3.8) is 0 Å². The van der Waals surface area contributed by atoms with Gasteiger partial charge in [-0.3, -0.25) is 14.1 Å². The largest absolute Gasteiger partial charge is 0.335 e. The molecule has 1 heterocycles. The van der Waals surface area contributed by atoms with Gasteiger partial charge in [-0.05, 0) is 0 Å². The van der Waals surface area contributed by atoms with Crippen molar-refractivity contribution in [2.75, 3.05) is 6.61 Å². The summed E-state index contributed by atoms with van der Waals surface area (Å²) in [6.45, 7) is -0.118. The molecule has 1 aliphatic heterocycles. The van der Waals surface area contributed by atoms with Crippen LogP contribution in [0.2, 0.25) is 0 Å². The molecule has 0 aromatic heterocycles. The maximum absolute atomic E-state index is 11.0. The number of nitrogens with zero attached hydrogens (tertiary/aromatic N) is 1. The van der Waals surface area contributed by atoms with E-state index in [2.05, 4.69) is 9.36 Å². The van der Waals surface area contributed by atoms with Gasteiger partial charge >= 0.3 is 14.7 Å². The lowest BCUT2D eigenvalue weighted by Gasteiger charge is -2.11. The van der Waals surface area contributed by atoms with Gasteiger partial charge in [-0.25, -0.2) is 9.36 Å². The Kier molecular flexibility index (Phi) is 4.08. The molecule has 0 aromatic carbocycles. The zero-order chi connectivity index (χ0) is 11.3. The van der Waals surface area contributed by atoms with Crippen molar-refractivity contribution < 1.29 is 28.3 Å². The second-order valence-corrected chi connectivity index (χ2v) is 2.83. The van der Waals surface area contributed by atoms with Gasteiger partial charge in [-0.15, -0.1) is 0 Å². The van der Waals surface area contributed by atoms with Crippen LogP contribution in [0.1, 0.15) is 6.42 Å². The lowest BCUT2D eigenvalue weighted by Crippen LogP contribution is -2.33. The average molecular weight is 231 g/mol. The Bertz CT molecular complexity index is 320. The standard InChI is InChI=1S/C7H6NO6P/c9-5-1-2-6(10)8(5)14-7(11)3-4-13-15-12/h1-2H,3-4H2. The third-order valence-corrected chi connectivity index (χ3v) is 1.70. The van der Waals surface area contributed by atoms with E-state index in [1.54, 1.807) is 0 Å². The van der Waals surface area contributed by atoms with Crippen LogP contribution in [0, 0.1) is 0 Å². The maximum Gasteiger partial charge on any atom is 0.335 e. The van der Waals surface area contributed by atoms with E-state index in [0.29, 0.717) is 5.06 Å². The summed E-state index contributed by atoms with van der Waals surface area (Å²) >= 11 is 0. The number of carbonyl (C=O) groups excluding carboxylic acids is 3. The highest BCUT2D eigenvalue weighted by molar-refractivity contribution is 7.17. The lowest BCUT2D eigenvalue weighted by atomic mass is 10.5. The molecule has 0 fully saturated rings. The van der Waals surface area contributed by atoms with Crippen LogP contribution in [-0.4, -0.2) is 29.5 Å². The summed E-state index contributed by atoms with van der Waals surface area (Å²) in [7, 11) is -0.546. The Morgan fingerprint density at radius 3 is 2.47 bits per heavy atom. The van der Waals surface area contributed by atoms with E-state index in [-0.39, 0.29) is 13.0 Å². The van der Waals surface area contributed by atoms with Crippen LogP contribution in [0.5, 0.6) is 0 Å². The molecular formula is C7H6NO6P. The van der Waals surface area contributed by atoms with E-state index < -0.39 is 26.5 Å². The fraction of sp³-hybridized carbons (Fsp3) is 0.286. The number of hydroxylamine groups is 2. The molecule has 0 saturated heterocycles. The second-order valence-electron chi connectivity index (χ2n) is 2.43. The number of hydrogen-bond acceptors (Lipinski definition) is 6. The molecule has 0 spiro atoms. The number of carbonyl (C=O) groups is 3. The smallest absolute Gasteiger partial charge is 0.330 e. The molecule has 1 aliphatic rings. The first kappa shape index (κ1) is 11.5. The summed E-state index contributed by atoms with van der Waals surface area (Å²) in [4.78, 5) is 37.2. The molecule has 1 rings (SSSR count). The van der Waals surface area contributed by atoms with Crippen molar-refractivity contribution in [3.8, 4) is 0 Å². The van der Waals surface area contributed by atoms with Crippen LogP contribution in [0.4, 0.5) is 0 Å². The van der Waals surface area contributed by atoms with Crippen molar-refractivity contribution in [2.45, 2.75) is 6.42 Å². The van der Waals surface area contributed by atoms with Crippen LogP contribution in [-0.2, 0) is 28.3 Å². The minimum Gasteiger partial charge on any atom is -0.330 e. The summed E-state index contributed by atoms with van der Waals surface area (Å²) in [5, 5.41) is 0.344. The SMILES string of the molecule is O=POCCC(=O)ON1C(=O)C=CC1=O. The number of hydrogen-bond donors (Lipinski definition) is 0. The van der Waals surface area contributed by atoms with E-state index >= 15 is 0 Å². The second kappa shape index (κ2) is 5.33. The zero-order valence-electron chi connectivity index (χ0n) is 7.41. The van der Waals surface area contributed by atoms with E-state index in [0.717, 1.165) is 12.2 Å². The van der Waals surface area contributed by atoms with Crippen LogP contribution >= 0.6 is 8.69 Å². The van der Waals surface area contributed by atoms with E-state index in [1.807, 2.05) is 0 Å². The molecular weight excluding hydrogens is 225 g/mol. The number of imide groups is 1. The molecule has 15 heavy (non-hydrogen) atoms. The molecule has 0 radical (unpaired) electrons. The molecule has 8 heteroatoms. The minimum atomic E-state index is -0.816. The predicted molar refractivity (Wildman–Crippen MR) is 45.3 cm³/mol. The van der Waals surface area contributed by atoms with Crippen LogP contribution in [0.3, 0.4) is 0 Å². The third-order valence-electron chi connectivity index (χ3n) is 1.41. The van der Waals surface area contributed by atoms with Gasteiger partial charge in [-0.2, -0.15) is 0 Å². The van der Waals surface area contributed by atoms with Gasteiger partial charge in [0.05, 0.1) is 13.0 Å². The number of amides is 2.